The van der Waals surface area contributed by atoms with Gasteiger partial charge in [0.05, 0.1) is 34.7 Å². The quantitative estimate of drug-likeness (QED) is 0.373. The Morgan fingerprint density at radius 1 is 0.853 bits per heavy atom. The van der Waals surface area contributed by atoms with Crippen molar-refractivity contribution in [3.63, 3.8) is 0 Å². The van der Waals surface area contributed by atoms with Gasteiger partial charge in [0.2, 0.25) is 11.8 Å². The van der Waals surface area contributed by atoms with E-state index in [0.29, 0.717) is 23.2 Å². The Morgan fingerprint density at radius 3 is 2.41 bits per heavy atom. The highest BCUT2D eigenvalue weighted by Gasteiger charge is 2.39. The molecular weight excluding hydrogens is 428 g/mol. The molecule has 0 N–H and O–H groups in total. The van der Waals surface area contributed by atoms with Crippen LogP contribution in [0.3, 0.4) is 0 Å². The minimum atomic E-state index is -0.296. The molecule has 34 heavy (non-hydrogen) atoms. The van der Waals surface area contributed by atoms with Gasteiger partial charge in [0.25, 0.3) is 0 Å². The van der Waals surface area contributed by atoms with Crippen LogP contribution in [0.4, 0.5) is 0 Å². The summed E-state index contributed by atoms with van der Waals surface area (Å²) in [6.45, 7) is 1.98. The van der Waals surface area contributed by atoms with Crippen molar-refractivity contribution in [2.45, 2.75) is 12.8 Å². The van der Waals surface area contributed by atoms with Gasteiger partial charge in [-0.25, -0.2) is 19.2 Å². The van der Waals surface area contributed by atoms with Crippen molar-refractivity contribution in [1.82, 2.24) is 29.4 Å². The van der Waals surface area contributed by atoms with E-state index in [1.54, 1.807) is 17.1 Å². The summed E-state index contributed by atoms with van der Waals surface area (Å²) in [5, 5.41) is 9.49. The number of hydrogen-bond acceptors (Lipinski definition) is 6. The van der Waals surface area contributed by atoms with Gasteiger partial charge in [-0.1, -0.05) is 48.5 Å². The minimum absolute atomic E-state index is 0.296. The standard InChI is InChI=1S/C26H18N6O2/c1-16-20-21(19-13-8-14-33-19)22-24-28-23(17-9-4-2-5-10-17)30-31(24)15-27-25(22)34-26(20)32(29-16)18-11-6-3-7-12-18/h2-15,21H,1H3/t21-/m1/s1. The molecule has 0 bridgehead atoms. The normalized spacial score (nSPS) is 14.6. The van der Waals surface area contributed by atoms with Crippen LogP contribution in [0, 0.1) is 6.92 Å². The van der Waals surface area contributed by atoms with Crippen molar-refractivity contribution < 1.29 is 9.15 Å². The third-order valence-corrected chi connectivity index (χ3v) is 6.08. The number of para-hydroxylation sites is 1. The molecule has 1 aliphatic rings. The van der Waals surface area contributed by atoms with Gasteiger partial charge in [0, 0.05) is 5.56 Å². The van der Waals surface area contributed by atoms with Crippen molar-refractivity contribution in [2.24, 2.45) is 0 Å². The molecule has 8 nitrogen and oxygen atoms in total. The first-order valence-electron chi connectivity index (χ1n) is 10.9. The molecule has 1 atom stereocenters. The van der Waals surface area contributed by atoms with Crippen LogP contribution in [0.5, 0.6) is 11.8 Å². The highest BCUT2D eigenvalue weighted by Crippen LogP contribution is 2.49. The predicted octanol–water partition coefficient (Wildman–Crippen LogP) is 5.16. The summed E-state index contributed by atoms with van der Waals surface area (Å²) in [6, 6.07) is 23.6. The summed E-state index contributed by atoms with van der Waals surface area (Å²) < 4.78 is 15.8. The molecule has 0 amide bonds. The van der Waals surface area contributed by atoms with Crippen LogP contribution in [0.2, 0.25) is 0 Å². The number of aryl methyl sites for hydroxylation is 1. The molecule has 2 aromatic carbocycles. The molecule has 0 aliphatic carbocycles. The third-order valence-electron chi connectivity index (χ3n) is 6.08. The second kappa shape index (κ2) is 7.14. The maximum absolute atomic E-state index is 6.40. The number of aromatic nitrogens is 6. The van der Waals surface area contributed by atoms with Crippen LogP contribution in [0.1, 0.15) is 28.5 Å². The van der Waals surface area contributed by atoms with Gasteiger partial charge in [0.15, 0.2) is 11.5 Å². The molecule has 0 unspecified atom stereocenters. The summed E-state index contributed by atoms with van der Waals surface area (Å²) in [4.78, 5) is 9.50. The van der Waals surface area contributed by atoms with E-state index >= 15 is 0 Å². The lowest BCUT2D eigenvalue weighted by Gasteiger charge is -2.24. The first-order chi connectivity index (χ1) is 16.8. The number of hydrogen-bond donors (Lipinski definition) is 0. The SMILES string of the molecule is Cc1nn(-c2ccccc2)c2c1[C@@H](c1ccco1)c1c(ncn3nc(-c4ccccc4)nc13)O2. The maximum atomic E-state index is 6.40. The Balaban J connectivity index is 1.49. The molecule has 4 aromatic heterocycles. The van der Waals surface area contributed by atoms with Gasteiger partial charge in [-0.3, -0.25) is 0 Å². The average Bonchev–Trinajstić information content (AvgIpc) is 3.63. The van der Waals surface area contributed by atoms with E-state index in [4.69, 9.17) is 19.2 Å². The Morgan fingerprint density at radius 2 is 1.65 bits per heavy atom. The zero-order chi connectivity index (χ0) is 22.6. The second-order valence-electron chi connectivity index (χ2n) is 8.14. The molecular formula is C26H18N6O2. The summed E-state index contributed by atoms with van der Waals surface area (Å²) >= 11 is 0. The Hall–Kier alpha value is -4.72. The molecule has 0 saturated heterocycles. The van der Waals surface area contributed by atoms with Crippen LogP contribution < -0.4 is 4.74 Å². The van der Waals surface area contributed by atoms with Gasteiger partial charge >= 0.3 is 0 Å². The molecule has 0 spiro atoms. The topological polar surface area (TPSA) is 83.3 Å². The number of furan rings is 1. The lowest BCUT2D eigenvalue weighted by Crippen LogP contribution is -2.15. The average molecular weight is 446 g/mol. The van der Waals surface area contributed by atoms with Crippen molar-refractivity contribution in [2.75, 3.05) is 0 Å². The zero-order valence-electron chi connectivity index (χ0n) is 18.2. The third kappa shape index (κ3) is 2.72. The minimum Gasteiger partial charge on any atom is -0.468 e. The Kier molecular flexibility index (Phi) is 3.95. The number of ether oxygens (including phenoxy) is 1. The molecule has 0 fully saturated rings. The van der Waals surface area contributed by atoms with E-state index in [9.17, 15) is 0 Å². The van der Waals surface area contributed by atoms with Gasteiger partial charge in [-0.05, 0) is 31.2 Å². The van der Waals surface area contributed by atoms with Crippen molar-refractivity contribution >= 4 is 5.65 Å². The molecule has 0 radical (unpaired) electrons. The number of fused-ring (bicyclic) bond motifs is 4. The lowest BCUT2D eigenvalue weighted by atomic mass is 9.88. The second-order valence-corrected chi connectivity index (χ2v) is 8.14. The van der Waals surface area contributed by atoms with Crippen molar-refractivity contribution in [1.29, 1.82) is 0 Å². The monoisotopic (exact) mass is 446 g/mol. The summed E-state index contributed by atoms with van der Waals surface area (Å²) in [6.07, 6.45) is 3.31. The highest BCUT2D eigenvalue weighted by molar-refractivity contribution is 5.68. The maximum Gasteiger partial charge on any atom is 0.230 e. The smallest absolute Gasteiger partial charge is 0.230 e. The number of nitrogens with zero attached hydrogens (tertiary/aromatic N) is 6. The molecule has 8 heteroatoms. The van der Waals surface area contributed by atoms with Gasteiger partial charge in [-0.2, -0.15) is 5.10 Å². The van der Waals surface area contributed by atoms with E-state index < -0.39 is 0 Å². The molecule has 0 saturated carbocycles. The summed E-state index contributed by atoms with van der Waals surface area (Å²) in [5.41, 5.74) is 5.07. The first kappa shape index (κ1) is 18.8. The van der Waals surface area contributed by atoms with E-state index in [2.05, 4.69) is 10.1 Å². The van der Waals surface area contributed by atoms with E-state index in [-0.39, 0.29) is 5.92 Å². The van der Waals surface area contributed by atoms with Crippen LogP contribution in [-0.2, 0) is 0 Å². The Bertz CT molecular complexity index is 1640. The summed E-state index contributed by atoms with van der Waals surface area (Å²) in [7, 11) is 0. The fourth-order valence-corrected chi connectivity index (χ4v) is 4.57. The highest BCUT2D eigenvalue weighted by atomic mass is 16.5. The largest absolute Gasteiger partial charge is 0.468 e. The lowest BCUT2D eigenvalue weighted by molar-refractivity contribution is 0.392. The van der Waals surface area contributed by atoms with Crippen LogP contribution in [0.15, 0.2) is 89.8 Å². The van der Waals surface area contributed by atoms with Gasteiger partial charge in [0.1, 0.15) is 12.1 Å². The fourth-order valence-electron chi connectivity index (χ4n) is 4.57. The van der Waals surface area contributed by atoms with Crippen LogP contribution in [-0.4, -0.2) is 29.4 Å². The van der Waals surface area contributed by atoms with E-state index in [1.807, 2.05) is 84.4 Å². The van der Waals surface area contributed by atoms with E-state index in [0.717, 1.165) is 33.8 Å². The first-order valence-corrected chi connectivity index (χ1v) is 10.9. The molecule has 7 rings (SSSR count). The number of benzene rings is 2. The molecule has 6 aromatic rings. The van der Waals surface area contributed by atoms with Gasteiger partial charge in [-0.15, -0.1) is 5.10 Å². The zero-order valence-corrected chi connectivity index (χ0v) is 18.2. The summed E-state index contributed by atoms with van der Waals surface area (Å²) in [5.74, 6) is 2.18. The van der Waals surface area contributed by atoms with Gasteiger partial charge < -0.3 is 9.15 Å². The van der Waals surface area contributed by atoms with Crippen molar-refractivity contribution in [3.05, 3.63) is 108 Å². The molecule has 164 valence electrons. The van der Waals surface area contributed by atoms with Crippen LogP contribution >= 0.6 is 0 Å². The molecule has 1 aliphatic heterocycles. The number of rotatable bonds is 3. The van der Waals surface area contributed by atoms with Crippen LogP contribution in [0.25, 0.3) is 22.7 Å². The fraction of sp³-hybridized carbons (Fsp3) is 0.0769. The molecule has 5 heterocycles. The predicted molar refractivity (Wildman–Crippen MR) is 124 cm³/mol. The van der Waals surface area contributed by atoms with E-state index in [1.165, 1.54) is 0 Å². The Labute approximate surface area is 194 Å². The van der Waals surface area contributed by atoms with Crippen molar-refractivity contribution in [3.8, 4) is 28.8 Å².